The van der Waals surface area contributed by atoms with Gasteiger partial charge in [-0.1, -0.05) is 12.0 Å². The second-order valence-corrected chi connectivity index (χ2v) is 8.88. The van der Waals surface area contributed by atoms with Crippen molar-refractivity contribution in [3.8, 4) is 11.8 Å². The van der Waals surface area contributed by atoms with Crippen molar-refractivity contribution < 1.29 is 22.8 Å². The summed E-state index contributed by atoms with van der Waals surface area (Å²) in [5.41, 5.74) is 7.67. The number of rotatable bonds is 8. The third-order valence-corrected chi connectivity index (χ3v) is 6.11. The molecule has 4 N–H and O–H groups in total. The fourth-order valence-corrected chi connectivity index (χ4v) is 4.40. The first-order chi connectivity index (χ1) is 17.7. The number of nitrogens with one attached hydrogen (secondary N) is 2. The number of fused-ring (bicyclic) bond motifs is 1. The molecule has 1 amide bonds. The first kappa shape index (κ1) is 26.0. The number of likely N-dealkylation sites (tertiary alicyclic amines) is 1. The van der Waals surface area contributed by atoms with E-state index in [1.54, 1.807) is 30.3 Å². The first-order valence-corrected chi connectivity index (χ1v) is 11.8. The van der Waals surface area contributed by atoms with Gasteiger partial charge in [0.05, 0.1) is 36.2 Å². The van der Waals surface area contributed by atoms with Crippen LogP contribution in [0.1, 0.15) is 29.0 Å². The van der Waals surface area contributed by atoms with Crippen LogP contribution in [-0.2, 0) is 11.3 Å². The number of hydrogen-bond acceptors (Lipinski definition) is 6. The number of carbonyl (C=O) groups is 2. The fourth-order valence-electron chi connectivity index (χ4n) is 4.40. The molecular formula is C26H27F3N6O2. The zero-order chi connectivity index (χ0) is 26.4. The molecule has 0 aliphatic carbocycles. The zero-order valence-corrected chi connectivity index (χ0v) is 20.0. The highest BCUT2D eigenvalue weighted by Gasteiger charge is 2.30. The lowest BCUT2D eigenvalue weighted by Crippen LogP contribution is -2.42. The van der Waals surface area contributed by atoms with Gasteiger partial charge in [0, 0.05) is 30.2 Å². The lowest BCUT2D eigenvalue weighted by Gasteiger charge is -2.32. The predicted molar refractivity (Wildman–Crippen MR) is 135 cm³/mol. The Morgan fingerprint density at radius 3 is 2.65 bits per heavy atom. The number of nitrogens with zero attached hydrogens (tertiary/aromatic N) is 3. The molecule has 0 saturated carbocycles. The summed E-state index contributed by atoms with van der Waals surface area (Å²) in [5.74, 6) is 5.38. The van der Waals surface area contributed by atoms with Crippen molar-refractivity contribution in [1.82, 2.24) is 14.5 Å². The van der Waals surface area contributed by atoms with Gasteiger partial charge in [0.1, 0.15) is 12.2 Å². The number of piperidine rings is 1. The van der Waals surface area contributed by atoms with Crippen molar-refractivity contribution in [2.45, 2.75) is 31.6 Å². The molecule has 3 heterocycles. The number of pyridine rings is 1. The summed E-state index contributed by atoms with van der Waals surface area (Å²) in [6, 6.07) is 10.3. The third-order valence-electron chi connectivity index (χ3n) is 6.11. The Morgan fingerprint density at radius 1 is 1.22 bits per heavy atom. The molecule has 1 aliphatic heterocycles. The lowest BCUT2D eigenvalue weighted by molar-refractivity contribution is -0.140. The van der Waals surface area contributed by atoms with Crippen LogP contribution in [0.25, 0.3) is 10.9 Å². The van der Waals surface area contributed by atoms with Gasteiger partial charge in [-0.05, 0) is 49.1 Å². The molecule has 2 aromatic heterocycles. The lowest BCUT2D eigenvalue weighted by atomic mass is 10.0. The Hall–Kier alpha value is -4.04. The number of anilines is 2. The minimum atomic E-state index is -4.41. The van der Waals surface area contributed by atoms with E-state index in [0.29, 0.717) is 41.7 Å². The third kappa shape index (κ3) is 7.01. The Morgan fingerprint density at radius 2 is 2.00 bits per heavy atom. The standard InChI is InChI=1S/C26H27F3N6O2/c27-26(28,29)17-35-21(3-2-10-31-19-6-7-20(16-36)32-14-19)13-22-23(4-1-5-24(22)35)33-18-8-11-34(12-9-18)15-25(30)37/h1,4-7,13-14,16,18,31,33H,8-12,15,17H2,(H2,30,37). The first-order valence-electron chi connectivity index (χ1n) is 11.8. The second-order valence-electron chi connectivity index (χ2n) is 8.88. The van der Waals surface area contributed by atoms with Gasteiger partial charge in [-0.25, -0.2) is 0 Å². The number of benzene rings is 1. The van der Waals surface area contributed by atoms with Crippen molar-refractivity contribution in [3.63, 3.8) is 0 Å². The Labute approximate surface area is 212 Å². The number of halogens is 3. The van der Waals surface area contributed by atoms with Crippen LogP contribution in [0.15, 0.2) is 42.6 Å². The van der Waals surface area contributed by atoms with Crippen LogP contribution >= 0.6 is 0 Å². The summed E-state index contributed by atoms with van der Waals surface area (Å²) in [6.07, 6.45) is -0.716. The van der Waals surface area contributed by atoms with Crippen LogP contribution < -0.4 is 16.4 Å². The van der Waals surface area contributed by atoms with Crippen LogP contribution in [0, 0.1) is 11.8 Å². The largest absolute Gasteiger partial charge is 0.406 e. The van der Waals surface area contributed by atoms with E-state index in [9.17, 15) is 22.8 Å². The number of nitrogens with two attached hydrogens (primary N) is 1. The molecule has 1 fully saturated rings. The average molecular weight is 513 g/mol. The molecule has 8 nitrogen and oxygen atoms in total. The molecule has 1 saturated heterocycles. The van der Waals surface area contributed by atoms with Crippen LogP contribution in [-0.4, -0.2) is 65.0 Å². The highest BCUT2D eigenvalue weighted by atomic mass is 19.4. The number of carbonyl (C=O) groups excluding carboxylic acids is 2. The maximum absolute atomic E-state index is 13.4. The monoisotopic (exact) mass is 512 g/mol. The van der Waals surface area contributed by atoms with Gasteiger partial charge in [0.2, 0.25) is 5.91 Å². The highest BCUT2D eigenvalue weighted by molar-refractivity contribution is 5.94. The van der Waals surface area contributed by atoms with Gasteiger partial charge >= 0.3 is 6.18 Å². The molecule has 0 radical (unpaired) electrons. The topological polar surface area (TPSA) is 105 Å². The van der Waals surface area contributed by atoms with Crippen LogP contribution in [0.4, 0.5) is 24.5 Å². The maximum atomic E-state index is 13.4. The number of amides is 1. The maximum Gasteiger partial charge on any atom is 0.406 e. The van der Waals surface area contributed by atoms with Crippen molar-refractivity contribution >= 4 is 34.5 Å². The van der Waals surface area contributed by atoms with Gasteiger partial charge in [-0.3, -0.25) is 19.5 Å². The number of alkyl halides is 3. The van der Waals surface area contributed by atoms with E-state index in [0.717, 1.165) is 18.5 Å². The van der Waals surface area contributed by atoms with Crippen molar-refractivity contribution in [2.24, 2.45) is 5.73 Å². The summed E-state index contributed by atoms with van der Waals surface area (Å²) < 4.78 is 41.5. The van der Waals surface area contributed by atoms with Gasteiger partial charge in [0.25, 0.3) is 0 Å². The molecule has 0 bridgehead atoms. The second kappa shape index (κ2) is 11.3. The fraction of sp³-hybridized carbons (Fsp3) is 0.346. The predicted octanol–water partition coefficient (Wildman–Crippen LogP) is 3.24. The van der Waals surface area contributed by atoms with Crippen LogP contribution in [0.5, 0.6) is 0 Å². The van der Waals surface area contributed by atoms with Crippen molar-refractivity contribution in [3.05, 3.63) is 54.0 Å². The van der Waals surface area contributed by atoms with Crippen LogP contribution in [0.2, 0.25) is 0 Å². The summed E-state index contributed by atoms with van der Waals surface area (Å²) >= 11 is 0. The van der Waals surface area contributed by atoms with E-state index in [1.165, 1.54) is 10.8 Å². The van der Waals surface area contributed by atoms with Gasteiger partial charge < -0.3 is 20.9 Å². The molecule has 0 spiro atoms. The Balaban J connectivity index is 1.53. The zero-order valence-electron chi connectivity index (χ0n) is 20.0. The van der Waals surface area contributed by atoms with E-state index < -0.39 is 12.7 Å². The minimum Gasteiger partial charge on any atom is -0.382 e. The smallest absolute Gasteiger partial charge is 0.382 e. The summed E-state index contributed by atoms with van der Waals surface area (Å²) in [6.45, 7) is 0.677. The quantitative estimate of drug-likeness (QED) is 0.316. The van der Waals surface area contributed by atoms with E-state index in [2.05, 4.69) is 27.5 Å². The molecule has 4 rings (SSSR count). The molecule has 11 heteroatoms. The number of aromatic nitrogens is 2. The minimum absolute atomic E-state index is 0.124. The molecule has 1 aliphatic rings. The molecular weight excluding hydrogens is 485 g/mol. The molecule has 3 aromatic rings. The van der Waals surface area contributed by atoms with Gasteiger partial charge in [-0.15, -0.1) is 0 Å². The van der Waals surface area contributed by atoms with E-state index >= 15 is 0 Å². The SMILES string of the molecule is NC(=O)CN1CCC(Nc2cccc3c2cc(C#CCNc2ccc(C=O)nc2)n3CC(F)(F)F)CC1. The molecule has 0 unspecified atom stereocenters. The Kier molecular flexibility index (Phi) is 7.98. The molecule has 1 aromatic carbocycles. The number of primary amides is 1. The van der Waals surface area contributed by atoms with E-state index in [4.69, 9.17) is 5.73 Å². The van der Waals surface area contributed by atoms with Crippen LogP contribution in [0.3, 0.4) is 0 Å². The molecule has 0 atom stereocenters. The Bertz CT molecular complexity index is 1320. The van der Waals surface area contributed by atoms with Gasteiger partial charge in [-0.2, -0.15) is 13.2 Å². The van der Waals surface area contributed by atoms with E-state index in [1.807, 2.05) is 11.0 Å². The van der Waals surface area contributed by atoms with Gasteiger partial charge in [0.15, 0.2) is 6.29 Å². The normalized spacial score (nSPS) is 14.7. The average Bonchev–Trinajstić information content (AvgIpc) is 3.20. The van der Waals surface area contributed by atoms with Crippen molar-refractivity contribution in [1.29, 1.82) is 0 Å². The molecule has 37 heavy (non-hydrogen) atoms. The highest BCUT2D eigenvalue weighted by Crippen LogP contribution is 2.31. The van der Waals surface area contributed by atoms with Crippen molar-refractivity contribution in [2.75, 3.05) is 36.8 Å². The number of hydrogen-bond donors (Lipinski definition) is 3. The molecule has 194 valence electrons. The number of aldehydes is 1. The summed E-state index contributed by atoms with van der Waals surface area (Å²) in [7, 11) is 0. The summed E-state index contributed by atoms with van der Waals surface area (Å²) in [4.78, 5) is 27.8. The van der Waals surface area contributed by atoms with E-state index in [-0.39, 0.29) is 30.7 Å². The summed E-state index contributed by atoms with van der Waals surface area (Å²) in [5, 5.41) is 7.15.